The highest BCUT2D eigenvalue weighted by Gasteiger charge is 2.38. The summed E-state index contributed by atoms with van der Waals surface area (Å²) in [5, 5.41) is 7.12. The molecule has 0 spiro atoms. The summed E-state index contributed by atoms with van der Waals surface area (Å²) in [5.74, 6) is -2.71. The van der Waals surface area contributed by atoms with E-state index >= 15 is 0 Å². The zero-order chi connectivity index (χ0) is 14.3. The molecule has 3 N–H and O–H groups in total. The Labute approximate surface area is 100.0 Å². The van der Waals surface area contributed by atoms with Crippen molar-refractivity contribution in [3.63, 3.8) is 0 Å². The van der Waals surface area contributed by atoms with Crippen LogP contribution in [0.5, 0.6) is 5.75 Å². The van der Waals surface area contributed by atoms with Gasteiger partial charge in [0, 0.05) is 0 Å². The monoisotopic (exact) mass is 265 g/mol. The van der Waals surface area contributed by atoms with Crippen molar-refractivity contribution in [3.05, 3.63) is 29.8 Å². The van der Waals surface area contributed by atoms with Crippen LogP contribution in [0.4, 0.5) is 13.2 Å². The number of halogens is 3. The molecule has 1 aromatic rings. The van der Waals surface area contributed by atoms with E-state index in [1.807, 2.05) is 0 Å². The molecule has 0 aliphatic heterocycles. The van der Waals surface area contributed by atoms with Crippen LogP contribution in [0.25, 0.3) is 0 Å². The Morgan fingerprint density at radius 3 is 2.00 bits per heavy atom. The Morgan fingerprint density at radius 2 is 1.72 bits per heavy atom. The molecule has 1 rings (SSSR count). The molecule has 0 radical (unpaired) electrons. The van der Waals surface area contributed by atoms with E-state index in [0.717, 1.165) is 0 Å². The van der Waals surface area contributed by atoms with Crippen molar-refractivity contribution in [1.29, 1.82) is 0 Å². The summed E-state index contributed by atoms with van der Waals surface area (Å²) in [7, 11) is 1.50. The molecule has 0 atom stereocenters. The lowest BCUT2D eigenvalue weighted by Crippen LogP contribution is -2.21. The summed E-state index contributed by atoms with van der Waals surface area (Å²) in [5.41, 5.74) is 5.48. The molecule has 0 unspecified atom stereocenters. The Hall–Kier alpha value is -2.25. The number of aliphatic carboxylic acids is 1. The van der Waals surface area contributed by atoms with Crippen LogP contribution in [0.2, 0.25) is 0 Å². The largest absolute Gasteiger partial charge is 0.496 e. The van der Waals surface area contributed by atoms with Crippen molar-refractivity contribution in [2.45, 2.75) is 6.18 Å². The highest BCUT2D eigenvalue weighted by atomic mass is 19.4. The van der Waals surface area contributed by atoms with Gasteiger partial charge in [-0.3, -0.25) is 4.79 Å². The number of amides is 1. The van der Waals surface area contributed by atoms with Gasteiger partial charge in [0.1, 0.15) is 5.75 Å². The first-order valence-corrected chi connectivity index (χ1v) is 4.43. The van der Waals surface area contributed by atoms with Gasteiger partial charge in [0.15, 0.2) is 0 Å². The number of benzene rings is 1. The van der Waals surface area contributed by atoms with E-state index in [1.165, 1.54) is 7.11 Å². The maximum absolute atomic E-state index is 10.7. The molecule has 0 aliphatic carbocycles. The second-order valence-corrected chi connectivity index (χ2v) is 2.87. The van der Waals surface area contributed by atoms with Gasteiger partial charge in [-0.05, 0) is 12.1 Å². The van der Waals surface area contributed by atoms with Crippen molar-refractivity contribution < 1.29 is 32.6 Å². The first kappa shape index (κ1) is 15.8. The van der Waals surface area contributed by atoms with E-state index < -0.39 is 18.1 Å². The van der Waals surface area contributed by atoms with Crippen molar-refractivity contribution in [1.82, 2.24) is 0 Å². The van der Waals surface area contributed by atoms with Crippen LogP contribution in [0.3, 0.4) is 0 Å². The first-order valence-electron chi connectivity index (χ1n) is 4.43. The molecule has 0 bridgehead atoms. The van der Waals surface area contributed by atoms with Crippen molar-refractivity contribution in [2.24, 2.45) is 5.73 Å². The van der Waals surface area contributed by atoms with Crippen molar-refractivity contribution >= 4 is 11.9 Å². The average Bonchev–Trinajstić information content (AvgIpc) is 2.28. The van der Waals surface area contributed by atoms with Crippen LogP contribution in [-0.4, -0.2) is 30.3 Å². The molecule has 18 heavy (non-hydrogen) atoms. The van der Waals surface area contributed by atoms with Crippen molar-refractivity contribution in [2.75, 3.05) is 7.11 Å². The number of methoxy groups -OCH3 is 1. The Balaban J connectivity index is 0.000000360. The number of carboxylic acid groups (broad SMARTS) is 1. The molecule has 0 saturated carbocycles. The zero-order valence-electron chi connectivity index (χ0n) is 9.19. The molecule has 8 heteroatoms. The summed E-state index contributed by atoms with van der Waals surface area (Å²) in [6, 6.07) is 6.84. The number of nitrogens with two attached hydrogens (primary N) is 1. The van der Waals surface area contributed by atoms with E-state index in [1.54, 1.807) is 24.3 Å². The Bertz CT molecular complexity index is 431. The molecule has 100 valence electrons. The maximum atomic E-state index is 10.7. The van der Waals surface area contributed by atoms with Crippen LogP contribution in [0, 0.1) is 0 Å². The minimum atomic E-state index is -5.08. The quantitative estimate of drug-likeness (QED) is 0.846. The molecule has 1 amide bonds. The summed E-state index contributed by atoms with van der Waals surface area (Å²) >= 11 is 0. The molecule has 0 aromatic heterocycles. The number of carbonyl (C=O) groups excluding carboxylic acids is 1. The summed E-state index contributed by atoms with van der Waals surface area (Å²) < 4.78 is 36.6. The number of hydrogen-bond donors (Lipinski definition) is 2. The second kappa shape index (κ2) is 6.48. The van der Waals surface area contributed by atoms with Crippen LogP contribution >= 0.6 is 0 Å². The Morgan fingerprint density at radius 1 is 1.28 bits per heavy atom. The number of carbonyl (C=O) groups is 2. The second-order valence-electron chi connectivity index (χ2n) is 2.87. The zero-order valence-corrected chi connectivity index (χ0v) is 9.19. The van der Waals surface area contributed by atoms with E-state index in [4.69, 9.17) is 20.4 Å². The standard InChI is InChI=1S/C8H9NO2.C2HF3O2/c1-11-7-5-3-2-4-6(7)8(9)10;3-2(4,5)1(6)7/h2-5H,1H3,(H2,9,10);(H,6,7). The van der Waals surface area contributed by atoms with Gasteiger partial charge in [-0.1, -0.05) is 12.1 Å². The minimum Gasteiger partial charge on any atom is -0.496 e. The SMILES string of the molecule is COc1ccccc1C(N)=O.O=C(O)C(F)(F)F. The average molecular weight is 265 g/mol. The van der Waals surface area contributed by atoms with Gasteiger partial charge in [0.25, 0.3) is 5.91 Å². The predicted octanol–water partition coefficient (Wildman–Crippen LogP) is 1.43. The van der Waals surface area contributed by atoms with E-state index in [2.05, 4.69) is 0 Å². The lowest BCUT2D eigenvalue weighted by molar-refractivity contribution is -0.192. The predicted molar refractivity (Wildman–Crippen MR) is 55.2 cm³/mol. The van der Waals surface area contributed by atoms with Gasteiger partial charge in [-0.2, -0.15) is 13.2 Å². The van der Waals surface area contributed by atoms with Crippen LogP contribution in [-0.2, 0) is 4.79 Å². The number of alkyl halides is 3. The number of ether oxygens (including phenoxy) is 1. The number of rotatable bonds is 2. The van der Waals surface area contributed by atoms with Gasteiger partial charge in [-0.25, -0.2) is 4.79 Å². The third kappa shape index (κ3) is 5.19. The summed E-state index contributed by atoms with van der Waals surface area (Å²) in [6.07, 6.45) is -5.08. The number of hydrogen-bond acceptors (Lipinski definition) is 3. The first-order chi connectivity index (χ1) is 8.20. The number of primary amides is 1. The number of para-hydroxylation sites is 1. The van der Waals surface area contributed by atoms with Gasteiger partial charge >= 0.3 is 12.1 Å². The van der Waals surface area contributed by atoms with E-state index in [-0.39, 0.29) is 0 Å². The highest BCUT2D eigenvalue weighted by molar-refractivity contribution is 5.95. The van der Waals surface area contributed by atoms with Crippen LogP contribution in [0.1, 0.15) is 10.4 Å². The molecule has 5 nitrogen and oxygen atoms in total. The Kier molecular flexibility index (Phi) is 5.67. The molecule has 0 heterocycles. The number of carboxylic acids is 1. The molecule has 0 fully saturated rings. The molecule has 0 aliphatic rings. The van der Waals surface area contributed by atoms with Gasteiger partial charge in [0.2, 0.25) is 0 Å². The topological polar surface area (TPSA) is 89.6 Å². The van der Waals surface area contributed by atoms with Gasteiger partial charge in [0.05, 0.1) is 12.7 Å². The van der Waals surface area contributed by atoms with E-state index in [9.17, 15) is 18.0 Å². The lowest BCUT2D eigenvalue weighted by atomic mass is 10.2. The van der Waals surface area contributed by atoms with Crippen LogP contribution < -0.4 is 10.5 Å². The van der Waals surface area contributed by atoms with Gasteiger partial charge in [-0.15, -0.1) is 0 Å². The normalized spacial score (nSPS) is 10.0. The lowest BCUT2D eigenvalue weighted by Gasteiger charge is -2.02. The smallest absolute Gasteiger partial charge is 0.490 e. The summed E-state index contributed by atoms with van der Waals surface area (Å²) in [4.78, 5) is 19.6. The molecule has 0 saturated heterocycles. The fraction of sp³-hybridized carbons (Fsp3) is 0.200. The molecule has 1 aromatic carbocycles. The van der Waals surface area contributed by atoms with Gasteiger partial charge < -0.3 is 15.6 Å². The fourth-order valence-corrected chi connectivity index (χ4v) is 0.848. The third-order valence-electron chi connectivity index (χ3n) is 1.61. The maximum Gasteiger partial charge on any atom is 0.490 e. The minimum absolute atomic E-state index is 0.412. The molecular weight excluding hydrogens is 255 g/mol. The molecular formula is C10H10F3NO4. The third-order valence-corrected chi connectivity index (χ3v) is 1.61. The highest BCUT2D eigenvalue weighted by Crippen LogP contribution is 2.15. The summed E-state index contributed by atoms with van der Waals surface area (Å²) in [6.45, 7) is 0. The van der Waals surface area contributed by atoms with Crippen molar-refractivity contribution in [3.8, 4) is 5.75 Å². The fourth-order valence-electron chi connectivity index (χ4n) is 0.848. The van der Waals surface area contributed by atoms with Crippen LogP contribution in [0.15, 0.2) is 24.3 Å². The van der Waals surface area contributed by atoms with E-state index in [0.29, 0.717) is 11.3 Å².